The highest BCUT2D eigenvalue weighted by Gasteiger charge is 2.23. The molecule has 1 amide bonds. The van der Waals surface area contributed by atoms with Crippen LogP contribution in [0.15, 0.2) is 41.0 Å². The summed E-state index contributed by atoms with van der Waals surface area (Å²) in [6.45, 7) is 1.24. The topological polar surface area (TPSA) is 58.8 Å². The fraction of sp³-hybridized carbons (Fsp3) is 0.294. The fourth-order valence-corrected chi connectivity index (χ4v) is 3.32. The zero-order valence-electron chi connectivity index (χ0n) is 14.3. The van der Waals surface area contributed by atoms with Crippen LogP contribution in [0.5, 0.6) is 5.75 Å². The first-order valence-electron chi connectivity index (χ1n) is 7.54. The number of anilines is 1. The largest absolute Gasteiger partial charge is 0.494 e. The van der Waals surface area contributed by atoms with E-state index in [-0.39, 0.29) is 18.3 Å². The van der Waals surface area contributed by atoms with Gasteiger partial charge in [-0.2, -0.15) is 0 Å². The van der Waals surface area contributed by atoms with E-state index in [2.05, 4.69) is 4.98 Å². The summed E-state index contributed by atoms with van der Waals surface area (Å²) < 4.78 is 11.6. The van der Waals surface area contributed by atoms with Gasteiger partial charge in [-0.05, 0) is 38.4 Å². The van der Waals surface area contributed by atoms with Gasteiger partial charge in [-0.3, -0.25) is 9.69 Å². The molecule has 0 spiro atoms. The molecule has 0 fully saturated rings. The van der Waals surface area contributed by atoms with E-state index in [0.29, 0.717) is 23.2 Å². The molecule has 25 heavy (non-hydrogen) atoms. The Kier molecular flexibility index (Phi) is 6.41. The first kappa shape index (κ1) is 19.2. The number of amides is 1. The van der Waals surface area contributed by atoms with Crippen molar-refractivity contribution in [3.8, 4) is 5.75 Å². The highest BCUT2D eigenvalue weighted by atomic mass is 35.5. The highest BCUT2D eigenvalue weighted by Crippen LogP contribution is 2.34. The van der Waals surface area contributed by atoms with Crippen molar-refractivity contribution in [1.82, 2.24) is 9.88 Å². The molecule has 2 heterocycles. The van der Waals surface area contributed by atoms with Crippen LogP contribution in [0.2, 0.25) is 0 Å². The molecule has 8 heteroatoms. The van der Waals surface area contributed by atoms with Crippen molar-refractivity contribution >= 4 is 45.0 Å². The third-order valence-corrected chi connectivity index (χ3v) is 4.61. The maximum atomic E-state index is 12.8. The summed E-state index contributed by atoms with van der Waals surface area (Å²) in [5.41, 5.74) is 0.766. The van der Waals surface area contributed by atoms with Crippen molar-refractivity contribution in [2.24, 2.45) is 0 Å². The lowest BCUT2D eigenvalue weighted by Crippen LogP contribution is -2.36. The van der Waals surface area contributed by atoms with Crippen LogP contribution in [0.25, 0.3) is 10.2 Å². The molecule has 0 saturated carbocycles. The number of rotatable bonds is 6. The smallest absolute Gasteiger partial charge is 0.295 e. The van der Waals surface area contributed by atoms with Crippen molar-refractivity contribution in [3.05, 3.63) is 42.4 Å². The first-order chi connectivity index (χ1) is 11.6. The standard InChI is InChI=1S/C17H19N3O3S.ClH/c1-19(2)9-10-20(16(21)13-7-5-11-23-13)17-18-15-12(22-3)6-4-8-14(15)24-17;/h4-8,11H,9-10H2,1-3H3;1H. The molecule has 6 nitrogen and oxygen atoms in total. The second-order valence-electron chi connectivity index (χ2n) is 5.54. The Balaban J connectivity index is 0.00000225. The van der Waals surface area contributed by atoms with Crippen molar-refractivity contribution in [1.29, 1.82) is 0 Å². The minimum absolute atomic E-state index is 0. The number of fused-ring (bicyclic) bond motifs is 1. The van der Waals surface area contributed by atoms with Gasteiger partial charge < -0.3 is 14.1 Å². The zero-order valence-corrected chi connectivity index (χ0v) is 15.9. The number of hydrogen-bond acceptors (Lipinski definition) is 6. The quantitative estimate of drug-likeness (QED) is 0.653. The first-order valence-corrected chi connectivity index (χ1v) is 8.35. The monoisotopic (exact) mass is 381 g/mol. The van der Waals surface area contributed by atoms with Crippen LogP contribution in [0.4, 0.5) is 5.13 Å². The molecule has 0 atom stereocenters. The number of carbonyl (C=O) groups excluding carboxylic acids is 1. The number of furan rings is 1. The minimum atomic E-state index is -0.195. The number of methoxy groups -OCH3 is 1. The van der Waals surface area contributed by atoms with Gasteiger partial charge in [-0.1, -0.05) is 17.4 Å². The maximum Gasteiger partial charge on any atom is 0.295 e. The van der Waals surface area contributed by atoms with E-state index in [1.54, 1.807) is 24.1 Å². The Morgan fingerprint density at radius 3 is 2.68 bits per heavy atom. The molecule has 0 saturated heterocycles. The summed E-state index contributed by atoms with van der Waals surface area (Å²) in [6, 6.07) is 9.13. The van der Waals surface area contributed by atoms with Crippen molar-refractivity contribution in [2.45, 2.75) is 0 Å². The molecule has 134 valence electrons. The average molecular weight is 382 g/mol. The second-order valence-corrected chi connectivity index (χ2v) is 6.55. The molecule has 2 aromatic heterocycles. The molecule has 3 aromatic rings. The molecule has 0 aliphatic heterocycles. The predicted octanol–water partition coefficient (Wildman–Crippen LogP) is 3.53. The number of hydrogen-bond donors (Lipinski definition) is 0. The van der Waals surface area contributed by atoms with E-state index < -0.39 is 0 Å². The van der Waals surface area contributed by atoms with Gasteiger partial charge in [0.25, 0.3) is 5.91 Å². The highest BCUT2D eigenvalue weighted by molar-refractivity contribution is 7.22. The van der Waals surface area contributed by atoms with E-state index in [0.717, 1.165) is 16.8 Å². The van der Waals surface area contributed by atoms with Crippen molar-refractivity contribution in [2.75, 3.05) is 39.2 Å². The number of carbonyl (C=O) groups is 1. The molecule has 0 aliphatic rings. The lowest BCUT2D eigenvalue weighted by atomic mass is 10.3. The van der Waals surface area contributed by atoms with Crippen molar-refractivity contribution in [3.63, 3.8) is 0 Å². The summed E-state index contributed by atoms with van der Waals surface area (Å²) in [6.07, 6.45) is 1.50. The van der Waals surface area contributed by atoms with Crippen molar-refractivity contribution < 1.29 is 13.9 Å². The van der Waals surface area contributed by atoms with Gasteiger partial charge in [0.05, 0.1) is 18.1 Å². The van der Waals surface area contributed by atoms with Crippen LogP contribution >= 0.6 is 23.7 Å². The van der Waals surface area contributed by atoms with Gasteiger partial charge >= 0.3 is 0 Å². The number of ether oxygens (including phenoxy) is 1. The Morgan fingerprint density at radius 2 is 2.04 bits per heavy atom. The second kappa shape index (κ2) is 8.33. The summed E-state index contributed by atoms with van der Waals surface area (Å²) in [4.78, 5) is 21.1. The van der Waals surface area contributed by atoms with Gasteiger partial charge in [-0.25, -0.2) is 4.98 Å². The molecule has 0 N–H and O–H groups in total. The Morgan fingerprint density at radius 1 is 1.24 bits per heavy atom. The third-order valence-electron chi connectivity index (χ3n) is 3.57. The fourth-order valence-electron chi connectivity index (χ4n) is 2.31. The predicted molar refractivity (Wildman–Crippen MR) is 102 cm³/mol. The maximum absolute atomic E-state index is 12.8. The van der Waals surface area contributed by atoms with Gasteiger partial charge in [0.15, 0.2) is 10.9 Å². The molecular weight excluding hydrogens is 362 g/mol. The van der Waals surface area contributed by atoms with Crippen LogP contribution in [0, 0.1) is 0 Å². The Bertz CT molecular complexity index is 833. The molecule has 1 aromatic carbocycles. The van der Waals surface area contributed by atoms with E-state index in [1.165, 1.54) is 17.6 Å². The summed E-state index contributed by atoms with van der Waals surface area (Å²) in [7, 11) is 5.56. The molecule has 0 unspecified atom stereocenters. The molecule has 0 bridgehead atoms. The minimum Gasteiger partial charge on any atom is -0.494 e. The van der Waals surface area contributed by atoms with Gasteiger partial charge in [-0.15, -0.1) is 12.4 Å². The number of halogens is 1. The molecular formula is C17H20ClN3O3S. The number of aromatic nitrogens is 1. The number of nitrogens with zero attached hydrogens (tertiary/aromatic N) is 3. The lowest BCUT2D eigenvalue weighted by Gasteiger charge is -2.20. The van der Waals surface area contributed by atoms with Crippen LogP contribution < -0.4 is 9.64 Å². The number of para-hydroxylation sites is 1. The number of thiazole rings is 1. The SMILES string of the molecule is COc1cccc2sc(N(CCN(C)C)C(=O)c3ccco3)nc12.Cl. The molecule has 0 aliphatic carbocycles. The number of benzene rings is 1. The Labute approximate surface area is 156 Å². The average Bonchev–Trinajstić information content (AvgIpc) is 3.23. The lowest BCUT2D eigenvalue weighted by molar-refractivity contribution is 0.0958. The zero-order chi connectivity index (χ0) is 17.1. The summed E-state index contributed by atoms with van der Waals surface area (Å²) >= 11 is 1.47. The number of likely N-dealkylation sites (N-methyl/N-ethyl adjacent to an activating group) is 1. The van der Waals surface area contributed by atoms with Gasteiger partial charge in [0.1, 0.15) is 11.3 Å². The normalized spacial score (nSPS) is 10.7. The summed E-state index contributed by atoms with van der Waals surface area (Å²) in [5.74, 6) is 0.813. The molecule has 0 radical (unpaired) electrons. The Hall–Kier alpha value is -2.09. The third kappa shape index (κ3) is 4.12. The summed E-state index contributed by atoms with van der Waals surface area (Å²) in [5, 5.41) is 0.637. The molecule has 3 rings (SSSR count). The van der Waals surface area contributed by atoms with Gasteiger partial charge in [0, 0.05) is 13.1 Å². The van der Waals surface area contributed by atoms with E-state index in [9.17, 15) is 4.79 Å². The van der Waals surface area contributed by atoms with Crippen LogP contribution in [-0.2, 0) is 0 Å². The van der Waals surface area contributed by atoms with Gasteiger partial charge in [0.2, 0.25) is 0 Å². The van der Waals surface area contributed by atoms with Crippen LogP contribution in [0.1, 0.15) is 10.6 Å². The van der Waals surface area contributed by atoms with Crippen LogP contribution in [-0.4, -0.2) is 50.1 Å². The van der Waals surface area contributed by atoms with E-state index in [4.69, 9.17) is 9.15 Å². The van der Waals surface area contributed by atoms with E-state index in [1.807, 2.05) is 37.2 Å². The van der Waals surface area contributed by atoms with E-state index >= 15 is 0 Å². The van der Waals surface area contributed by atoms with Crippen LogP contribution in [0.3, 0.4) is 0 Å².